The Morgan fingerprint density at radius 3 is 1.77 bits per heavy atom. The Balaban J connectivity index is 3.56. The largest absolute Gasteiger partial charge is 0.287 e. The third-order valence-electron chi connectivity index (χ3n) is 1.40. The predicted molar refractivity (Wildman–Crippen MR) is 36.5 cm³/mol. The van der Waals surface area contributed by atoms with Crippen LogP contribution in [0.3, 0.4) is 0 Å². The molecule has 0 atom stereocenters. The van der Waals surface area contributed by atoms with E-state index in [1.165, 1.54) is 0 Å². The normalized spacial score (nSPS) is 10.2. The molecule has 0 amide bonds. The molecular weight excluding hydrogens is 188 g/mol. The molecule has 0 aliphatic rings. The fourth-order valence-corrected chi connectivity index (χ4v) is 0.827. The first-order chi connectivity index (χ1) is 5.95. The maximum absolute atomic E-state index is 12.7. The molecule has 0 spiro atoms. The van der Waals surface area contributed by atoms with Crippen LogP contribution in [0, 0.1) is 23.3 Å². The molecule has 0 radical (unpaired) electrons. The van der Waals surface area contributed by atoms with Crippen LogP contribution in [0.5, 0.6) is 0 Å². The molecule has 0 heterocycles. The molecule has 6 heteroatoms. The molecule has 4 N–H and O–H groups in total. The topological polar surface area (TPSA) is 51.6 Å². The number of hydrogen-bond donors (Lipinski definition) is 2. The van der Waals surface area contributed by atoms with Crippen LogP contribution in [0.4, 0.5) is 17.6 Å². The van der Waals surface area contributed by atoms with Crippen LogP contribution in [0.1, 0.15) is 5.56 Å². The minimum absolute atomic E-state index is 0.0805. The summed E-state index contributed by atoms with van der Waals surface area (Å²) in [5.41, 5.74) is 3.76. The van der Waals surface area contributed by atoms with Crippen molar-refractivity contribution < 1.29 is 23.0 Å². The summed E-state index contributed by atoms with van der Waals surface area (Å²) in [5, 5.41) is 4.83. The Bertz CT molecular complexity index is 349. The zero-order valence-corrected chi connectivity index (χ0v) is 6.24. The highest BCUT2D eigenvalue weighted by Gasteiger charge is 2.23. The number of halogens is 4. The maximum Gasteiger partial charge on any atom is 0.276 e. The molecule has 2 nitrogen and oxygen atoms in total. The van der Waals surface area contributed by atoms with E-state index < -0.39 is 34.7 Å². The van der Waals surface area contributed by atoms with Gasteiger partial charge >= 0.3 is 0 Å². The van der Waals surface area contributed by atoms with Crippen LogP contribution in [0.2, 0.25) is 0 Å². The molecule has 13 heavy (non-hydrogen) atoms. The van der Waals surface area contributed by atoms with Crippen LogP contribution in [0.15, 0.2) is 6.07 Å². The van der Waals surface area contributed by atoms with Gasteiger partial charge in [-0.25, -0.2) is 17.6 Å². The van der Waals surface area contributed by atoms with E-state index >= 15 is 0 Å². The average molecular weight is 193 g/mol. The standard InChI is InChI=1S/C7H4F4N2/c8-2-1-3(9)6(11)4(5(2)10)7(12)13/h1H,(H3,12,13)/p+1. The van der Waals surface area contributed by atoms with Crippen molar-refractivity contribution in [2.45, 2.75) is 0 Å². The monoisotopic (exact) mass is 193 g/mol. The molecule has 1 rings (SSSR count). The number of benzene rings is 1. The van der Waals surface area contributed by atoms with Crippen LogP contribution in [0.25, 0.3) is 0 Å². The van der Waals surface area contributed by atoms with Crippen LogP contribution >= 0.6 is 0 Å². The number of hydrogen-bond acceptors (Lipinski definition) is 0. The molecule has 70 valence electrons. The van der Waals surface area contributed by atoms with E-state index in [0.29, 0.717) is 0 Å². The van der Waals surface area contributed by atoms with Crippen molar-refractivity contribution in [1.82, 2.24) is 0 Å². The van der Waals surface area contributed by atoms with Crippen molar-refractivity contribution >= 4 is 5.84 Å². The highest BCUT2D eigenvalue weighted by Crippen LogP contribution is 2.17. The molecule has 0 aromatic heterocycles. The minimum Gasteiger partial charge on any atom is -0.287 e. The molecule has 1 aromatic carbocycles. The van der Waals surface area contributed by atoms with Gasteiger partial charge in [-0.05, 0) is 0 Å². The summed E-state index contributed by atoms with van der Waals surface area (Å²) in [6.07, 6.45) is 0. The molecular formula is C7H5F4N2+. The Kier molecular flexibility index (Phi) is 2.22. The van der Waals surface area contributed by atoms with Gasteiger partial charge in [-0.15, -0.1) is 0 Å². The second-order valence-corrected chi connectivity index (χ2v) is 2.30. The third kappa shape index (κ3) is 1.47. The maximum atomic E-state index is 12.7. The number of nitrogens with two attached hydrogens (primary N) is 2. The average Bonchev–Trinajstić information content (AvgIpc) is 2.01. The third-order valence-corrected chi connectivity index (χ3v) is 1.40. The van der Waals surface area contributed by atoms with E-state index in [2.05, 4.69) is 0 Å². The Hall–Kier alpha value is -1.59. The smallest absolute Gasteiger partial charge is 0.276 e. The van der Waals surface area contributed by atoms with Gasteiger partial charge in [0.15, 0.2) is 23.3 Å². The van der Waals surface area contributed by atoms with E-state index in [9.17, 15) is 17.6 Å². The fourth-order valence-electron chi connectivity index (χ4n) is 0.827. The molecule has 0 unspecified atom stereocenters. The summed E-state index contributed by atoms with van der Waals surface area (Å²) < 4.78 is 50.4. The van der Waals surface area contributed by atoms with Gasteiger partial charge in [-0.2, -0.15) is 0 Å². The Morgan fingerprint density at radius 2 is 1.46 bits per heavy atom. The second-order valence-electron chi connectivity index (χ2n) is 2.30. The highest BCUT2D eigenvalue weighted by atomic mass is 19.2. The predicted octanol–water partition coefficient (Wildman–Crippen LogP) is -0.293. The SMILES string of the molecule is NC(=[NH2+])c1c(F)c(F)cc(F)c1F. The lowest BCUT2D eigenvalue weighted by Gasteiger charge is -2.00. The lowest BCUT2D eigenvalue weighted by atomic mass is 10.1. The summed E-state index contributed by atoms with van der Waals surface area (Å²) in [6.45, 7) is 0. The first kappa shape index (κ1) is 9.50. The van der Waals surface area contributed by atoms with E-state index in [1.54, 1.807) is 0 Å². The summed E-state index contributed by atoms with van der Waals surface area (Å²) >= 11 is 0. The molecule has 1 aromatic rings. The summed E-state index contributed by atoms with van der Waals surface area (Å²) in [4.78, 5) is 0. The Labute approximate surface area is 70.5 Å². The van der Waals surface area contributed by atoms with Crippen molar-refractivity contribution in [1.29, 1.82) is 0 Å². The van der Waals surface area contributed by atoms with Gasteiger partial charge in [0.05, 0.1) is 0 Å². The Morgan fingerprint density at radius 1 is 1.08 bits per heavy atom. The highest BCUT2D eigenvalue weighted by molar-refractivity contribution is 5.93. The summed E-state index contributed by atoms with van der Waals surface area (Å²) in [5.74, 6) is -7.09. The van der Waals surface area contributed by atoms with E-state index in [4.69, 9.17) is 11.1 Å². The lowest BCUT2D eigenvalue weighted by Crippen LogP contribution is -2.47. The summed E-state index contributed by atoms with van der Waals surface area (Å²) in [6, 6.07) is 0.0805. The van der Waals surface area contributed by atoms with Crippen LogP contribution in [-0.4, -0.2) is 5.84 Å². The molecule has 0 aliphatic heterocycles. The van der Waals surface area contributed by atoms with Gasteiger partial charge in [0.1, 0.15) is 5.56 Å². The minimum atomic E-state index is -1.60. The van der Waals surface area contributed by atoms with Gasteiger partial charge in [0, 0.05) is 6.07 Å². The van der Waals surface area contributed by atoms with Gasteiger partial charge < -0.3 is 0 Å². The molecule has 0 bridgehead atoms. The first-order valence-corrected chi connectivity index (χ1v) is 3.16. The van der Waals surface area contributed by atoms with Crippen molar-refractivity contribution in [3.05, 3.63) is 34.9 Å². The zero-order valence-electron chi connectivity index (χ0n) is 6.24. The van der Waals surface area contributed by atoms with Gasteiger partial charge in [0.2, 0.25) is 0 Å². The van der Waals surface area contributed by atoms with Crippen LogP contribution in [-0.2, 0) is 0 Å². The van der Waals surface area contributed by atoms with Crippen molar-refractivity contribution in [2.75, 3.05) is 0 Å². The molecule has 0 fully saturated rings. The quantitative estimate of drug-likeness (QED) is 0.274. The van der Waals surface area contributed by atoms with E-state index in [1.807, 2.05) is 0 Å². The van der Waals surface area contributed by atoms with Gasteiger partial charge in [-0.3, -0.25) is 11.1 Å². The number of rotatable bonds is 1. The van der Waals surface area contributed by atoms with Gasteiger partial charge in [0.25, 0.3) is 5.84 Å². The fraction of sp³-hybridized carbons (Fsp3) is 0. The van der Waals surface area contributed by atoms with E-state index in [0.717, 1.165) is 0 Å². The molecule has 0 saturated heterocycles. The molecule has 0 aliphatic carbocycles. The van der Waals surface area contributed by atoms with Crippen molar-refractivity contribution in [3.8, 4) is 0 Å². The molecule has 0 saturated carbocycles. The van der Waals surface area contributed by atoms with Gasteiger partial charge in [-0.1, -0.05) is 0 Å². The van der Waals surface area contributed by atoms with Crippen LogP contribution < -0.4 is 11.1 Å². The van der Waals surface area contributed by atoms with Crippen molar-refractivity contribution in [3.63, 3.8) is 0 Å². The number of amidine groups is 1. The summed E-state index contributed by atoms with van der Waals surface area (Å²) in [7, 11) is 0. The van der Waals surface area contributed by atoms with Crippen molar-refractivity contribution in [2.24, 2.45) is 5.73 Å². The lowest BCUT2D eigenvalue weighted by molar-refractivity contribution is -0.114. The van der Waals surface area contributed by atoms with E-state index in [-0.39, 0.29) is 6.07 Å². The second kappa shape index (κ2) is 3.04. The first-order valence-electron chi connectivity index (χ1n) is 3.16. The zero-order chi connectivity index (χ0) is 10.2.